The van der Waals surface area contributed by atoms with Gasteiger partial charge in [-0.2, -0.15) is 5.10 Å². The molecule has 2 rings (SSSR count). The molecule has 110 valence electrons. The number of aryl methyl sites for hydroxylation is 1. The molecule has 0 saturated carbocycles. The van der Waals surface area contributed by atoms with Crippen LogP contribution in [0.4, 0.5) is 0 Å². The normalized spacial score (nSPS) is 16.6. The summed E-state index contributed by atoms with van der Waals surface area (Å²) < 4.78 is 7.05. The van der Waals surface area contributed by atoms with E-state index in [0.29, 0.717) is 13.2 Å². The highest BCUT2D eigenvalue weighted by Crippen LogP contribution is 2.28. The molecule has 5 nitrogen and oxygen atoms in total. The van der Waals surface area contributed by atoms with Crippen LogP contribution in [0.25, 0.3) is 0 Å². The van der Waals surface area contributed by atoms with Gasteiger partial charge in [-0.25, -0.2) is 0 Å². The number of carbonyl (C=O) groups excluding carboxylic acids is 1. The van der Waals surface area contributed by atoms with Gasteiger partial charge in [0.1, 0.15) is 0 Å². The van der Waals surface area contributed by atoms with Crippen LogP contribution in [0.2, 0.25) is 0 Å². The van der Waals surface area contributed by atoms with E-state index in [9.17, 15) is 4.79 Å². The van der Waals surface area contributed by atoms with Crippen LogP contribution in [0.3, 0.4) is 0 Å². The number of ketones is 1. The Balaban J connectivity index is 2.39. The van der Waals surface area contributed by atoms with Crippen molar-refractivity contribution in [2.24, 2.45) is 0 Å². The second-order valence-corrected chi connectivity index (χ2v) is 5.28. The minimum absolute atomic E-state index is 0.139. The molecule has 1 aliphatic carbocycles. The summed E-state index contributed by atoms with van der Waals surface area (Å²) in [6, 6.07) is 0. The van der Waals surface area contributed by atoms with E-state index in [1.165, 1.54) is 0 Å². The molecule has 0 aliphatic heterocycles. The van der Waals surface area contributed by atoms with E-state index in [1.54, 1.807) is 7.11 Å². The number of carbonyl (C=O) groups is 1. The van der Waals surface area contributed by atoms with Crippen LogP contribution < -0.4 is 0 Å². The molecule has 1 aromatic rings. The van der Waals surface area contributed by atoms with Gasteiger partial charge in [0.25, 0.3) is 0 Å². The highest BCUT2D eigenvalue weighted by Gasteiger charge is 2.29. The molecule has 0 N–H and O–H groups in total. The number of Topliss-reactive ketones (excluding diaryl/α,β-unsaturated/α-hetero) is 1. The lowest BCUT2D eigenvalue weighted by Crippen LogP contribution is -2.17. The Bertz CT molecular complexity index is 529. The van der Waals surface area contributed by atoms with Crippen molar-refractivity contribution in [3.63, 3.8) is 0 Å². The number of hydrogen-bond acceptors (Lipinski definition) is 4. The Labute approximate surface area is 120 Å². The number of fused-ring (bicyclic) bond motifs is 1. The SMILES string of the molecule is CCc1c2c(nn1CCOC)CC/C(=C\N(C)C)C2=O. The minimum Gasteiger partial charge on any atom is -0.383 e. The largest absolute Gasteiger partial charge is 0.383 e. The molecule has 0 atom stereocenters. The third-order valence-corrected chi connectivity index (χ3v) is 3.54. The quantitative estimate of drug-likeness (QED) is 0.768. The lowest BCUT2D eigenvalue weighted by molar-refractivity contribution is 0.102. The lowest BCUT2D eigenvalue weighted by atomic mass is 9.90. The molecule has 0 amide bonds. The van der Waals surface area contributed by atoms with Gasteiger partial charge in [-0.1, -0.05) is 6.92 Å². The second kappa shape index (κ2) is 6.22. The minimum atomic E-state index is 0.139. The summed E-state index contributed by atoms with van der Waals surface area (Å²) >= 11 is 0. The van der Waals surface area contributed by atoms with Crippen LogP contribution in [0, 0.1) is 0 Å². The molecule has 5 heteroatoms. The van der Waals surface area contributed by atoms with Crippen molar-refractivity contribution in [1.82, 2.24) is 14.7 Å². The first-order valence-electron chi connectivity index (χ1n) is 7.07. The highest BCUT2D eigenvalue weighted by molar-refractivity contribution is 6.11. The number of rotatable bonds is 5. The van der Waals surface area contributed by atoms with Crippen molar-refractivity contribution >= 4 is 5.78 Å². The lowest BCUT2D eigenvalue weighted by Gasteiger charge is -2.16. The maximum atomic E-state index is 12.6. The van der Waals surface area contributed by atoms with Crippen molar-refractivity contribution in [2.45, 2.75) is 32.7 Å². The molecule has 0 unspecified atom stereocenters. The third-order valence-electron chi connectivity index (χ3n) is 3.54. The maximum absolute atomic E-state index is 12.6. The fourth-order valence-corrected chi connectivity index (χ4v) is 2.67. The van der Waals surface area contributed by atoms with Crippen molar-refractivity contribution in [2.75, 3.05) is 27.8 Å². The summed E-state index contributed by atoms with van der Waals surface area (Å²) in [6.07, 6.45) is 4.35. The summed E-state index contributed by atoms with van der Waals surface area (Å²) in [6.45, 7) is 3.38. The van der Waals surface area contributed by atoms with Gasteiger partial charge >= 0.3 is 0 Å². The molecule has 1 aromatic heterocycles. The molecule has 0 aromatic carbocycles. The first kappa shape index (κ1) is 14.8. The van der Waals surface area contributed by atoms with Crippen molar-refractivity contribution in [3.05, 3.63) is 28.7 Å². The Hall–Kier alpha value is -1.62. The van der Waals surface area contributed by atoms with Gasteiger partial charge in [0.05, 0.1) is 24.4 Å². The van der Waals surface area contributed by atoms with Gasteiger partial charge in [-0.3, -0.25) is 9.48 Å². The van der Waals surface area contributed by atoms with E-state index >= 15 is 0 Å². The smallest absolute Gasteiger partial charge is 0.194 e. The van der Waals surface area contributed by atoms with Crippen LogP contribution in [-0.4, -0.2) is 48.3 Å². The molecule has 0 saturated heterocycles. The average Bonchev–Trinajstić information content (AvgIpc) is 2.77. The fourth-order valence-electron chi connectivity index (χ4n) is 2.67. The fraction of sp³-hybridized carbons (Fsp3) is 0.600. The number of aromatic nitrogens is 2. The number of hydrogen-bond donors (Lipinski definition) is 0. The summed E-state index contributed by atoms with van der Waals surface area (Å²) in [5.41, 5.74) is 3.68. The van der Waals surface area contributed by atoms with E-state index in [1.807, 2.05) is 29.9 Å². The van der Waals surface area contributed by atoms with Crippen molar-refractivity contribution in [1.29, 1.82) is 0 Å². The zero-order valence-electron chi connectivity index (χ0n) is 12.8. The van der Waals surface area contributed by atoms with E-state index < -0.39 is 0 Å². The van der Waals surface area contributed by atoms with E-state index in [-0.39, 0.29) is 5.78 Å². The number of allylic oxidation sites excluding steroid dienone is 1. The predicted octanol–water partition coefficient (Wildman–Crippen LogP) is 1.67. The molecule has 1 aliphatic rings. The predicted molar refractivity (Wildman–Crippen MR) is 77.9 cm³/mol. The Morgan fingerprint density at radius 3 is 2.75 bits per heavy atom. The zero-order chi connectivity index (χ0) is 14.7. The Morgan fingerprint density at radius 2 is 2.15 bits per heavy atom. The monoisotopic (exact) mass is 277 g/mol. The molecule has 0 bridgehead atoms. The summed E-state index contributed by atoms with van der Waals surface area (Å²) in [5.74, 6) is 0.139. The summed E-state index contributed by atoms with van der Waals surface area (Å²) in [7, 11) is 5.56. The Morgan fingerprint density at radius 1 is 1.40 bits per heavy atom. The summed E-state index contributed by atoms with van der Waals surface area (Å²) in [5, 5.41) is 4.60. The van der Waals surface area contributed by atoms with Gasteiger partial charge in [0.15, 0.2) is 5.78 Å². The first-order valence-corrected chi connectivity index (χ1v) is 7.07. The standard InChI is InChI=1S/C15H23N3O2/c1-5-13-14-12(16-18(13)8-9-20-4)7-6-11(15(14)19)10-17(2)3/h10H,5-9H2,1-4H3/b11-10+. The van der Waals surface area contributed by atoms with Crippen LogP contribution in [0.1, 0.15) is 35.1 Å². The maximum Gasteiger partial charge on any atom is 0.194 e. The second-order valence-electron chi connectivity index (χ2n) is 5.28. The zero-order valence-corrected chi connectivity index (χ0v) is 12.8. The van der Waals surface area contributed by atoms with Crippen LogP contribution in [0.15, 0.2) is 11.8 Å². The molecule has 20 heavy (non-hydrogen) atoms. The van der Waals surface area contributed by atoms with Gasteiger partial charge in [0, 0.05) is 38.7 Å². The van der Waals surface area contributed by atoms with Gasteiger partial charge in [-0.15, -0.1) is 0 Å². The molecule has 0 spiro atoms. The molecule has 1 heterocycles. The molecular weight excluding hydrogens is 254 g/mol. The topological polar surface area (TPSA) is 47.4 Å². The van der Waals surface area contributed by atoms with E-state index in [0.717, 1.165) is 41.8 Å². The average molecular weight is 277 g/mol. The van der Waals surface area contributed by atoms with Crippen LogP contribution in [0.5, 0.6) is 0 Å². The number of ether oxygens (including phenoxy) is 1. The molecular formula is C15H23N3O2. The number of methoxy groups -OCH3 is 1. The molecule has 0 radical (unpaired) electrons. The Kier molecular flexibility index (Phi) is 4.60. The highest BCUT2D eigenvalue weighted by atomic mass is 16.5. The first-order chi connectivity index (χ1) is 9.58. The van der Waals surface area contributed by atoms with E-state index in [4.69, 9.17) is 4.74 Å². The van der Waals surface area contributed by atoms with Gasteiger partial charge < -0.3 is 9.64 Å². The van der Waals surface area contributed by atoms with E-state index in [2.05, 4.69) is 12.0 Å². The third kappa shape index (κ3) is 2.77. The van der Waals surface area contributed by atoms with Crippen molar-refractivity contribution < 1.29 is 9.53 Å². The van der Waals surface area contributed by atoms with Gasteiger partial charge in [-0.05, 0) is 19.3 Å². The van der Waals surface area contributed by atoms with Crippen molar-refractivity contribution in [3.8, 4) is 0 Å². The van der Waals surface area contributed by atoms with Crippen LogP contribution >= 0.6 is 0 Å². The molecule has 0 fully saturated rings. The van der Waals surface area contributed by atoms with Crippen LogP contribution in [-0.2, 0) is 24.1 Å². The number of nitrogens with zero attached hydrogens (tertiary/aromatic N) is 3. The summed E-state index contributed by atoms with van der Waals surface area (Å²) in [4.78, 5) is 14.6. The van der Waals surface area contributed by atoms with Gasteiger partial charge in [0.2, 0.25) is 0 Å².